The lowest BCUT2D eigenvalue weighted by Crippen LogP contribution is -2.15. The molecule has 5 heteroatoms. The van der Waals surface area contributed by atoms with Crippen molar-refractivity contribution >= 4 is 17.2 Å². The highest BCUT2D eigenvalue weighted by atomic mass is 35.5. The van der Waals surface area contributed by atoms with Gasteiger partial charge in [-0.05, 0) is 29.2 Å². The fourth-order valence-corrected chi connectivity index (χ4v) is 4.15. The Morgan fingerprint density at radius 1 is 0.862 bits per heavy atom. The number of rotatable bonds is 3. The summed E-state index contributed by atoms with van der Waals surface area (Å²) in [5.41, 5.74) is 6.06. The Labute approximate surface area is 174 Å². The molecule has 0 spiro atoms. The van der Waals surface area contributed by atoms with Gasteiger partial charge in [-0.2, -0.15) is 0 Å². The molecular formula is C24H19ClN4. The lowest BCUT2D eigenvalue weighted by molar-refractivity contribution is 0.609. The van der Waals surface area contributed by atoms with Gasteiger partial charge in [-0.25, -0.2) is 0 Å². The largest absolute Gasteiger partial charge is 0.310 e. The van der Waals surface area contributed by atoms with Gasteiger partial charge in [0.05, 0.1) is 5.02 Å². The molecule has 0 unspecified atom stereocenters. The Morgan fingerprint density at radius 3 is 2.21 bits per heavy atom. The van der Waals surface area contributed by atoms with Gasteiger partial charge in [0.2, 0.25) is 0 Å². The van der Waals surface area contributed by atoms with Crippen molar-refractivity contribution in [3.05, 3.63) is 107 Å². The average Bonchev–Trinajstić information content (AvgIpc) is 3.19. The summed E-state index contributed by atoms with van der Waals surface area (Å²) in [5.74, 6) is 1.81. The minimum Gasteiger partial charge on any atom is -0.310 e. The van der Waals surface area contributed by atoms with Crippen molar-refractivity contribution in [1.82, 2.24) is 19.7 Å². The van der Waals surface area contributed by atoms with Crippen LogP contribution >= 0.6 is 11.6 Å². The van der Waals surface area contributed by atoms with Gasteiger partial charge in [-0.1, -0.05) is 77.8 Å². The first-order chi connectivity index (χ1) is 14.3. The number of hydrogen-bond acceptors (Lipinski definition) is 3. The third kappa shape index (κ3) is 3.47. The number of benzene rings is 2. The van der Waals surface area contributed by atoms with Crippen molar-refractivity contribution in [2.24, 2.45) is 0 Å². The van der Waals surface area contributed by atoms with E-state index in [-0.39, 0.29) is 0 Å². The molecule has 0 fully saturated rings. The molecule has 0 amide bonds. The van der Waals surface area contributed by atoms with Crippen LogP contribution in [-0.2, 0) is 13.0 Å². The van der Waals surface area contributed by atoms with Crippen molar-refractivity contribution in [1.29, 1.82) is 0 Å². The Balaban J connectivity index is 1.59. The third-order valence-electron chi connectivity index (χ3n) is 5.28. The number of pyridine rings is 1. The number of allylic oxidation sites excluding steroid dienone is 1. The SMILES string of the molecule is Clc1cncc(-c2nnc3n2CCC(=C(c2ccccc2)c2ccccc2)C3)c1. The van der Waals surface area contributed by atoms with Crippen LogP contribution in [0.5, 0.6) is 0 Å². The Bertz CT molecular complexity index is 1140. The minimum absolute atomic E-state index is 0.603. The maximum Gasteiger partial charge on any atom is 0.165 e. The summed E-state index contributed by atoms with van der Waals surface area (Å²) < 4.78 is 2.18. The number of fused-ring (bicyclic) bond motifs is 1. The van der Waals surface area contributed by atoms with E-state index < -0.39 is 0 Å². The number of nitrogens with zero attached hydrogens (tertiary/aromatic N) is 4. The second-order valence-electron chi connectivity index (χ2n) is 7.12. The summed E-state index contributed by atoms with van der Waals surface area (Å²) >= 11 is 6.12. The smallest absolute Gasteiger partial charge is 0.165 e. The highest BCUT2D eigenvalue weighted by Gasteiger charge is 2.23. The van der Waals surface area contributed by atoms with Crippen LogP contribution < -0.4 is 0 Å². The van der Waals surface area contributed by atoms with Gasteiger partial charge in [0, 0.05) is 30.9 Å². The third-order valence-corrected chi connectivity index (χ3v) is 5.48. The summed E-state index contributed by atoms with van der Waals surface area (Å²) in [6.07, 6.45) is 5.14. The summed E-state index contributed by atoms with van der Waals surface area (Å²) in [4.78, 5) is 4.19. The molecule has 0 radical (unpaired) electrons. The van der Waals surface area contributed by atoms with Crippen molar-refractivity contribution in [3.8, 4) is 11.4 Å². The zero-order valence-corrected chi connectivity index (χ0v) is 16.5. The molecule has 0 saturated heterocycles. The van der Waals surface area contributed by atoms with Crippen LogP contribution in [0, 0.1) is 0 Å². The van der Waals surface area contributed by atoms with Crippen LogP contribution in [0.2, 0.25) is 5.02 Å². The van der Waals surface area contributed by atoms with Gasteiger partial charge in [-0.3, -0.25) is 4.98 Å². The van der Waals surface area contributed by atoms with Crippen LogP contribution in [0.25, 0.3) is 17.0 Å². The summed E-state index contributed by atoms with van der Waals surface area (Å²) in [6, 6.07) is 23.1. The molecule has 5 rings (SSSR count). The molecule has 4 nitrogen and oxygen atoms in total. The zero-order valence-electron chi connectivity index (χ0n) is 15.8. The monoisotopic (exact) mass is 398 g/mol. The molecule has 0 bridgehead atoms. The summed E-state index contributed by atoms with van der Waals surface area (Å²) in [6.45, 7) is 0.836. The van der Waals surface area contributed by atoms with Crippen LogP contribution in [0.15, 0.2) is 84.7 Å². The molecule has 0 atom stereocenters. The highest BCUT2D eigenvalue weighted by Crippen LogP contribution is 2.34. The topological polar surface area (TPSA) is 43.6 Å². The first-order valence-corrected chi connectivity index (χ1v) is 10.0. The fraction of sp³-hybridized carbons (Fsp3) is 0.125. The van der Waals surface area contributed by atoms with Crippen molar-refractivity contribution in [2.45, 2.75) is 19.4 Å². The van der Waals surface area contributed by atoms with Crippen LogP contribution in [0.1, 0.15) is 23.4 Å². The van der Waals surface area contributed by atoms with Crippen molar-refractivity contribution in [2.75, 3.05) is 0 Å². The van der Waals surface area contributed by atoms with Gasteiger partial charge in [0.1, 0.15) is 5.82 Å². The van der Waals surface area contributed by atoms with E-state index in [1.54, 1.807) is 12.4 Å². The molecule has 0 aliphatic carbocycles. The maximum atomic E-state index is 6.12. The van der Waals surface area contributed by atoms with Crippen molar-refractivity contribution in [3.63, 3.8) is 0 Å². The van der Waals surface area contributed by atoms with E-state index in [4.69, 9.17) is 11.6 Å². The van der Waals surface area contributed by atoms with Gasteiger partial charge in [-0.15, -0.1) is 10.2 Å². The van der Waals surface area contributed by atoms with E-state index in [1.807, 2.05) is 6.07 Å². The van der Waals surface area contributed by atoms with E-state index in [2.05, 4.69) is 80.4 Å². The predicted molar refractivity (Wildman–Crippen MR) is 115 cm³/mol. The average molecular weight is 399 g/mol. The Hall–Kier alpha value is -3.24. The molecule has 0 saturated carbocycles. The molecule has 2 aromatic carbocycles. The molecule has 142 valence electrons. The van der Waals surface area contributed by atoms with Gasteiger partial charge in [0.25, 0.3) is 0 Å². The Kier molecular flexibility index (Phi) is 4.70. The maximum absolute atomic E-state index is 6.12. The zero-order chi connectivity index (χ0) is 19.6. The molecule has 29 heavy (non-hydrogen) atoms. The van der Waals surface area contributed by atoms with Crippen LogP contribution in [0.4, 0.5) is 0 Å². The molecule has 1 aliphatic rings. The van der Waals surface area contributed by atoms with E-state index in [1.165, 1.54) is 22.3 Å². The summed E-state index contributed by atoms with van der Waals surface area (Å²) in [7, 11) is 0. The number of hydrogen-bond donors (Lipinski definition) is 0. The van der Waals surface area contributed by atoms with E-state index in [0.717, 1.165) is 36.6 Å². The fourth-order valence-electron chi connectivity index (χ4n) is 3.97. The first kappa shape index (κ1) is 17.8. The standard InChI is InChI=1S/C24H19ClN4/c25-21-13-20(15-26-16-21)24-28-27-22-14-19(11-12-29(22)24)23(17-7-3-1-4-8-17)18-9-5-2-6-10-18/h1-10,13,15-16H,11-12,14H2. The molecule has 0 N–H and O–H groups in total. The number of halogens is 1. The lowest BCUT2D eigenvalue weighted by atomic mass is 9.88. The lowest BCUT2D eigenvalue weighted by Gasteiger charge is -2.22. The van der Waals surface area contributed by atoms with Crippen LogP contribution in [-0.4, -0.2) is 19.7 Å². The molecule has 1 aliphatic heterocycles. The predicted octanol–water partition coefficient (Wildman–Crippen LogP) is 5.44. The highest BCUT2D eigenvalue weighted by molar-refractivity contribution is 6.30. The van der Waals surface area contributed by atoms with Gasteiger partial charge < -0.3 is 4.57 Å². The second kappa shape index (κ2) is 7.64. The van der Waals surface area contributed by atoms with E-state index in [0.29, 0.717) is 5.02 Å². The molecule has 4 aromatic rings. The van der Waals surface area contributed by atoms with Gasteiger partial charge in [0.15, 0.2) is 5.82 Å². The Morgan fingerprint density at radius 2 is 1.55 bits per heavy atom. The minimum atomic E-state index is 0.603. The second-order valence-corrected chi connectivity index (χ2v) is 7.56. The van der Waals surface area contributed by atoms with E-state index in [9.17, 15) is 0 Å². The summed E-state index contributed by atoms with van der Waals surface area (Å²) in [5, 5.41) is 9.53. The van der Waals surface area contributed by atoms with Crippen molar-refractivity contribution < 1.29 is 0 Å². The molecule has 3 heterocycles. The quantitative estimate of drug-likeness (QED) is 0.461. The van der Waals surface area contributed by atoms with E-state index >= 15 is 0 Å². The van der Waals surface area contributed by atoms with Crippen LogP contribution in [0.3, 0.4) is 0 Å². The molecule has 2 aromatic heterocycles. The first-order valence-electron chi connectivity index (χ1n) is 9.65. The van der Waals surface area contributed by atoms with Gasteiger partial charge >= 0.3 is 0 Å². The normalized spacial score (nSPS) is 13.2. The molecular weight excluding hydrogens is 380 g/mol. The number of aromatic nitrogens is 4.